The standard InChI is InChI=1S/C15H8IN/c16-15-9-13(8-14(10-15)11-17)7-6-12-4-2-1-3-5-12/h1-5,8-10H. The van der Waals surface area contributed by atoms with E-state index in [2.05, 4.69) is 40.5 Å². The Hall–Kier alpha value is -1.78. The molecule has 0 saturated heterocycles. The first kappa shape index (κ1) is 11.7. The smallest absolute Gasteiger partial charge is 0.0992 e. The van der Waals surface area contributed by atoms with E-state index in [4.69, 9.17) is 5.26 Å². The van der Waals surface area contributed by atoms with E-state index < -0.39 is 0 Å². The fourth-order valence-corrected chi connectivity index (χ4v) is 2.06. The number of hydrogen-bond acceptors (Lipinski definition) is 1. The minimum Gasteiger partial charge on any atom is -0.192 e. The van der Waals surface area contributed by atoms with Crippen LogP contribution in [0.5, 0.6) is 0 Å². The van der Waals surface area contributed by atoms with Crippen LogP contribution in [-0.4, -0.2) is 0 Å². The van der Waals surface area contributed by atoms with Crippen molar-refractivity contribution in [2.45, 2.75) is 0 Å². The third kappa shape index (κ3) is 3.34. The molecule has 2 rings (SSSR count). The van der Waals surface area contributed by atoms with Gasteiger partial charge in [-0.1, -0.05) is 30.0 Å². The van der Waals surface area contributed by atoms with Gasteiger partial charge in [0, 0.05) is 14.7 Å². The molecule has 0 unspecified atom stereocenters. The molecule has 0 amide bonds. The molecule has 0 atom stereocenters. The lowest BCUT2D eigenvalue weighted by Gasteiger charge is -1.94. The summed E-state index contributed by atoms with van der Waals surface area (Å²) in [5.41, 5.74) is 2.50. The van der Waals surface area contributed by atoms with E-state index in [9.17, 15) is 0 Å². The van der Waals surface area contributed by atoms with Gasteiger partial charge in [-0.2, -0.15) is 5.26 Å². The lowest BCUT2D eigenvalue weighted by Crippen LogP contribution is -1.82. The number of halogens is 1. The number of hydrogen-bond donors (Lipinski definition) is 0. The Balaban J connectivity index is 2.35. The Morgan fingerprint density at radius 3 is 2.18 bits per heavy atom. The van der Waals surface area contributed by atoms with Gasteiger partial charge in [-0.25, -0.2) is 0 Å². The van der Waals surface area contributed by atoms with Crippen LogP contribution in [0.4, 0.5) is 0 Å². The zero-order chi connectivity index (χ0) is 12.1. The highest BCUT2D eigenvalue weighted by atomic mass is 127. The van der Waals surface area contributed by atoms with Crippen molar-refractivity contribution in [3.8, 4) is 17.9 Å². The summed E-state index contributed by atoms with van der Waals surface area (Å²) in [6, 6.07) is 17.6. The van der Waals surface area contributed by atoms with Gasteiger partial charge in [0.15, 0.2) is 0 Å². The Kier molecular flexibility index (Phi) is 3.80. The van der Waals surface area contributed by atoms with Gasteiger partial charge in [-0.3, -0.25) is 0 Å². The van der Waals surface area contributed by atoms with Crippen LogP contribution in [0.3, 0.4) is 0 Å². The Morgan fingerprint density at radius 2 is 1.47 bits per heavy atom. The second-order valence-corrected chi connectivity index (χ2v) is 4.70. The second kappa shape index (κ2) is 5.52. The van der Waals surface area contributed by atoms with Gasteiger partial charge < -0.3 is 0 Å². The lowest BCUT2D eigenvalue weighted by atomic mass is 10.1. The largest absolute Gasteiger partial charge is 0.192 e. The van der Waals surface area contributed by atoms with Crippen molar-refractivity contribution < 1.29 is 0 Å². The van der Waals surface area contributed by atoms with Crippen LogP contribution in [0, 0.1) is 26.7 Å². The van der Waals surface area contributed by atoms with Gasteiger partial charge in [0.25, 0.3) is 0 Å². The van der Waals surface area contributed by atoms with E-state index in [1.807, 2.05) is 42.5 Å². The summed E-state index contributed by atoms with van der Waals surface area (Å²) in [5.74, 6) is 6.15. The summed E-state index contributed by atoms with van der Waals surface area (Å²) < 4.78 is 1.03. The van der Waals surface area contributed by atoms with Crippen molar-refractivity contribution in [2.75, 3.05) is 0 Å². The molecule has 0 aliphatic carbocycles. The monoisotopic (exact) mass is 329 g/mol. The van der Waals surface area contributed by atoms with E-state index in [1.165, 1.54) is 0 Å². The lowest BCUT2D eigenvalue weighted by molar-refractivity contribution is 1.46. The van der Waals surface area contributed by atoms with Gasteiger partial charge in [-0.05, 0) is 52.9 Å². The third-order valence-electron chi connectivity index (χ3n) is 2.15. The average Bonchev–Trinajstić information content (AvgIpc) is 2.37. The Labute approximate surface area is 114 Å². The quantitative estimate of drug-likeness (QED) is 0.536. The number of nitrogens with zero attached hydrogens (tertiary/aromatic N) is 1. The highest BCUT2D eigenvalue weighted by Crippen LogP contribution is 2.11. The van der Waals surface area contributed by atoms with E-state index in [0.717, 1.165) is 14.7 Å². The minimum absolute atomic E-state index is 0.647. The SMILES string of the molecule is N#Cc1cc(I)cc(C#Cc2ccccc2)c1. The highest BCUT2D eigenvalue weighted by molar-refractivity contribution is 14.1. The van der Waals surface area contributed by atoms with E-state index >= 15 is 0 Å². The maximum absolute atomic E-state index is 8.87. The molecule has 2 heteroatoms. The number of nitriles is 1. The van der Waals surface area contributed by atoms with Crippen LogP contribution in [0.15, 0.2) is 48.5 Å². The van der Waals surface area contributed by atoms with Gasteiger partial charge in [0.05, 0.1) is 11.6 Å². The summed E-state index contributed by atoms with van der Waals surface area (Å²) >= 11 is 2.19. The fraction of sp³-hybridized carbons (Fsp3) is 0. The van der Waals surface area contributed by atoms with E-state index in [0.29, 0.717) is 5.56 Å². The summed E-state index contributed by atoms with van der Waals surface area (Å²) in [7, 11) is 0. The summed E-state index contributed by atoms with van der Waals surface area (Å²) in [5, 5.41) is 8.87. The molecule has 0 aliphatic heterocycles. The molecule has 0 aliphatic rings. The molecule has 0 aromatic heterocycles. The van der Waals surface area contributed by atoms with Crippen molar-refractivity contribution >= 4 is 22.6 Å². The third-order valence-corrected chi connectivity index (χ3v) is 2.77. The number of benzene rings is 2. The van der Waals surface area contributed by atoms with Crippen LogP contribution in [0.25, 0.3) is 0 Å². The molecule has 0 saturated carbocycles. The molecule has 0 radical (unpaired) electrons. The normalized spacial score (nSPS) is 8.94. The first-order valence-electron chi connectivity index (χ1n) is 5.06. The van der Waals surface area contributed by atoms with Gasteiger partial charge >= 0.3 is 0 Å². The van der Waals surface area contributed by atoms with Crippen LogP contribution in [-0.2, 0) is 0 Å². The van der Waals surface area contributed by atoms with Crippen molar-refractivity contribution in [1.29, 1.82) is 5.26 Å². The predicted octanol–water partition coefficient (Wildman–Crippen LogP) is 3.56. The molecule has 0 heterocycles. The van der Waals surface area contributed by atoms with Crippen LogP contribution >= 0.6 is 22.6 Å². The molecule has 0 spiro atoms. The molecule has 0 bridgehead atoms. The van der Waals surface area contributed by atoms with Crippen molar-refractivity contribution in [3.63, 3.8) is 0 Å². The van der Waals surface area contributed by atoms with Crippen LogP contribution < -0.4 is 0 Å². The van der Waals surface area contributed by atoms with E-state index in [-0.39, 0.29) is 0 Å². The van der Waals surface area contributed by atoms with Gasteiger partial charge in [0.1, 0.15) is 0 Å². The molecule has 2 aromatic rings. The second-order valence-electron chi connectivity index (χ2n) is 3.46. The first-order chi connectivity index (χ1) is 8.28. The molecule has 1 nitrogen and oxygen atoms in total. The molecule has 0 N–H and O–H groups in total. The van der Waals surface area contributed by atoms with E-state index in [1.54, 1.807) is 6.07 Å². The van der Waals surface area contributed by atoms with Crippen LogP contribution in [0.1, 0.15) is 16.7 Å². The van der Waals surface area contributed by atoms with Gasteiger partial charge in [-0.15, -0.1) is 0 Å². The Morgan fingerprint density at radius 1 is 0.824 bits per heavy atom. The first-order valence-corrected chi connectivity index (χ1v) is 6.13. The average molecular weight is 329 g/mol. The zero-order valence-electron chi connectivity index (χ0n) is 8.94. The molecule has 80 valence electrons. The minimum atomic E-state index is 0.647. The summed E-state index contributed by atoms with van der Waals surface area (Å²) in [6.07, 6.45) is 0. The van der Waals surface area contributed by atoms with Crippen molar-refractivity contribution in [3.05, 3.63) is 68.8 Å². The Bertz CT molecular complexity index is 627. The van der Waals surface area contributed by atoms with Gasteiger partial charge in [0.2, 0.25) is 0 Å². The molecular weight excluding hydrogens is 321 g/mol. The van der Waals surface area contributed by atoms with Crippen LogP contribution in [0.2, 0.25) is 0 Å². The topological polar surface area (TPSA) is 23.8 Å². The molecule has 17 heavy (non-hydrogen) atoms. The molecule has 2 aromatic carbocycles. The molecule has 0 fully saturated rings. The summed E-state index contributed by atoms with van der Waals surface area (Å²) in [4.78, 5) is 0. The number of rotatable bonds is 0. The maximum atomic E-state index is 8.87. The maximum Gasteiger partial charge on any atom is 0.0992 e. The fourth-order valence-electron chi connectivity index (χ4n) is 1.39. The van der Waals surface area contributed by atoms with Crippen molar-refractivity contribution in [2.24, 2.45) is 0 Å². The predicted molar refractivity (Wildman–Crippen MR) is 76.3 cm³/mol. The molecular formula is C15H8IN. The summed E-state index contributed by atoms with van der Waals surface area (Å²) in [6.45, 7) is 0. The highest BCUT2D eigenvalue weighted by Gasteiger charge is 1.96. The zero-order valence-corrected chi connectivity index (χ0v) is 11.1. The van der Waals surface area contributed by atoms with Crippen molar-refractivity contribution in [1.82, 2.24) is 0 Å².